The van der Waals surface area contributed by atoms with Crippen molar-refractivity contribution >= 4 is 36.4 Å². The van der Waals surface area contributed by atoms with Crippen LogP contribution in [0.2, 0.25) is 0 Å². The van der Waals surface area contributed by atoms with Crippen molar-refractivity contribution in [3.05, 3.63) is 65.4 Å². The summed E-state index contributed by atoms with van der Waals surface area (Å²) in [5, 5.41) is 5.59. The molecule has 2 aliphatic heterocycles. The Morgan fingerprint density at radius 2 is 1.97 bits per heavy atom. The second-order valence-electron chi connectivity index (χ2n) is 7.53. The number of anilines is 1. The number of imide groups is 1. The van der Waals surface area contributed by atoms with Gasteiger partial charge in [-0.05, 0) is 36.6 Å². The first-order valence-electron chi connectivity index (χ1n) is 9.84. The standard InChI is InChI=1S/C22H24BN3O3/c1-29-20-3-2-10-26(20)13-14-4-7-16(8-5-14)24-12-19-18-11-15(23)6-9-17(18)21(27)25-22(19)28/h4-9,11-12,20,24H,2-3,10,13,23H2,1H3,(H,25,27,28)/b19-12-/t20-/m0/s1. The first kappa shape index (κ1) is 19.4. The minimum atomic E-state index is -0.392. The molecule has 29 heavy (non-hydrogen) atoms. The predicted octanol–water partition coefficient (Wildman–Crippen LogP) is 1.24. The normalized spacial score (nSPS) is 20.6. The lowest BCUT2D eigenvalue weighted by Crippen LogP contribution is -2.37. The molecule has 0 saturated carbocycles. The lowest BCUT2D eigenvalue weighted by Gasteiger charge is -2.23. The molecule has 0 unspecified atom stereocenters. The molecule has 0 spiro atoms. The van der Waals surface area contributed by atoms with E-state index in [9.17, 15) is 9.59 Å². The Hall–Kier alpha value is -2.90. The fraction of sp³-hybridized carbons (Fsp3) is 0.273. The van der Waals surface area contributed by atoms with Crippen LogP contribution in [0.4, 0.5) is 5.69 Å². The lowest BCUT2D eigenvalue weighted by atomic mass is 9.87. The SMILES string of the molecule is Bc1ccc2c(c1)/C(=C/Nc1ccc(CN3CCC[C@@H]3OC)cc1)C(=O)NC2=O. The van der Waals surface area contributed by atoms with E-state index in [1.54, 1.807) is 19.4 Å². The van der Waals surface area contributed by atoms with E-state index in [1.165, 1.54) is 5.56 Å². The fourth-order valence-corrected chi connectivity index (χ4v) is 3.92. The average molecular weight is 389 g/mol. The number of hydrogen-bond acceptors (Lipinski definition) is 5. The van der Waals surface area contributed by atoms with Crippen molar-refractivity contribution < 1.29 is 14.3 Å². The summed E-state index contributed by atoms with van der Waals surface area (Å²) in [6.45, 7) is 1.91. The molecule has 2 aromatic rings. The fourth-order valence-electron chi connectivity index (χ4n) is 3.92. The Kier molecular flexibility index (Phi) is 5.51. The highest BCUT2D eigenvalue weighted by atomic mass is 16.5. The number of nitrogens with zero attached hydrogens (tertiary/aromatic N) is 1. The summed E-state index contributed by atoms with van der Waals surface area (Å²) in [7, 11) is 3.70. The van der Waals surface area contributed by atoms with Gasteiger partial charge in [0.25, 0.3) is 11.8 Å². The monoisotopic (exact) mass is 389 g/mol. The van der Waals surface area contributed by atoms with Gasteiger partial charge < -0.3 is 10.1 Å². The Balaban J connectivity index is 1.49. The quantitative estimate of drug-likeness (QED) is 0.458. The zero-order valence-corrected chi connectivity index (χ0v) is 16.7. The molecule has 0 aliphatic carbocycles. The predicted molar refractivity (Wildman–Crippen MR) is 116 cm³/mol. The number of carbonyl (C=O) groups is 2. The third-order valence-corrected chi connectivity index (χ3v) is 5.48. The molecular formula is C22H24BN3O3. The van der Waals surface area contributed by atoms with Gasteiger partial charge in [0.05, 0.1) is 5.57 Å². The van der Waals surface area contributed by atoms with E-state index < -0.39 is 5.91 Å². The van der Waals surface area contributed by atoms with Crippen LogP contribution in [-0.4, -0.2) is 44.4 Å². The smallest absolute Gasteiger partial charge is 0.260 e. The van der Waals surface area contributed by atoms with Gasteiger partial charge in [-0.3, -0.25) is 19.8 Å². The number of benzene rings is 2. The molecule has 2 amide bonds. The number of methoxy groups -OCH3 is 1. The molecule has 7 heteroatoms. The summed E-state index contributed by atoms with van der Waals surface area (Å²) in [4.78, 5) is 26.7. The number of ether oxygens (including phenoxy) is 1. The second kappa shape index (κ2) is 8.23. The molecule has 0 bridgehead atoms. The van der Waals surface area contributed by atoms with E-state index in [2.05, 4.69) is 27.7 Å². The molecule has 0 aromatic heterocycles. The minimum absolute atomic E-state index is 0.202. The van der Waals surface area contributed by atoms with Crippen LogP contribution in [0.15, 0.2) is 48.7 Å². The number of nitrogens with one attached hydrogen (secondary N) is 2. The number of hydrogen-bond donors (Lipinski definition) is 2. The first-order valence-corrected chi connectivity index (χ1v) is 9.84. The van der Waals surface area contributed by atoms with Crippen LogP contribution in [0.5, 0.6) is 0 Å². The van der Waals surface area contributed by atoms with Gasteiger partial charge in [0, 0.05) is 43.2 Å². The topological polar surface area (TPSA) is 70.7 Å². The summed E-state index contributed by atoms with van der Waals surface area (Å²) >= 11 is 0. The molecule has 2 heterocycles. The molecule has 2 aromatic carbocycles. The molecule has 1 saturated heterocycles. The van der Waals surface area contributed by atoms with Crippen molar-refractivity contribution in [3.8, 4) is 0 Å². The van der Waals surface area contributed by atoms with E-state index >= 15 is 0 Å². The number of likely N-dealkylation sites (tertiary alicyclic amines) is 1. The summed E-state index contributed by atoms with van der Waals surface area (Å²) in [5.41, 5.74) is 4.71. The van der Waals surface area contributed by atoms with Crippen LogP contribution >= 0.6 is 0 Å². The van der Waals surface area contributed by atoms with E-state index in [0.717, 1.165) is 37.1 Å². The van der Waals surface area contributed by atoms with Gasteiger partial charge in [-0.1, -0.05) is 29.7 Å². The molecule has 1 fully saturated rings. The lowest BCUT2D eigenvalue weighted by molar-refractivity contribution is -0.114. The van der Waals surface area contributed by atoms with Crippen molar-refractivity contribution in [3.63, 3.8) is 0 Å². The number of rotatable bonds is 5. The molecule has 2 N–H and O–H groups in total. The van der Waals surface area contributed by atoms with Crippen LogP contribution in [0.3, 0.4) is 0 Å². The summed E-state index contributed by atoms with van der Waals surface area (Å²) in [6.07, 6.45) is 4.11. The maximum absolute atomic E-state index is 12.3. The summed E-state index contributed by atoms with van der Waals surface area (Å²) < 4.78 is 5.52. The largest absolute Gasteiger partial charge is 0.366 e. The van der Waals surface area contributed by atoms with Crippen LogP contribution in [-0.2, 0) is 16.1 Å². The third-order valence-electron chi connectivity index (χ3n) is 5.48. The molecule has 2 aliphatic rings. The van der Waals surface area contributed by atoms with E-state index in [4.69, 9.17) is 4.74 Å². The van der Waals surface area contributed by atoms with Gasteiger partial charge in [0.1, 0.15) is 14.1 Å². The average Bonchev–Trinajstić information content (AvgIpc) is 3.16. The highest BCUT2D eigenvalue weighted by Gasteiger charge is 2.27. The van der Waals surface area contributed by atoms with E-state index in [1.807, 2.05) is 32.1 Å². The number of carbonyl (C=O) groups excluding carboxylic acids is 2. The van der Waals surface area contributed by atoms with Crippen LogP contribution in [0.25, 0.3) is 5.57 Å². The minimum Gasteiger partial charge on any atom is -0.366 e. The Morgan fingerprint density at radius 3 is 2.72 bits per heavy atom. The van der Waals surface area contributed by atoms with Gasteiger partial charge in [-0.15, -0.1) is 0 Å². The van der Waals surface area contributed by atoms with Crippen LogP contribution in [0.1, 0.15) is 34.3 Å². The summed E-state index contributed by atoms with van der Waals surface area (Å²) in [5.74, 6) is -0.750. The van der Waals surface area contributed by atoms with Gasteiger partial charge in [-0.2, -0.15) is 0 Å². The van der Waals surface area contributed by atoms with Crippen LogP contribution in [0, 0.1) is 0 Å². The Bertz CT molecular complexity index is 972. The van der Waals surface area contributed by atoms with Crippen LogP contribution < -0.4 is 16.1 Å². The third kappa shape index (κ3) is 4.11. The van der Waals surface area contributed by atoms with Gasteiger partial charge in [0.15, 0.2) is 0 Å². The van der Waals surface area contributed by atoms with Crippen molar-refractivity contribution in [1.29, 1.82) is 0 Å². The zero-order chi connectivity index (χ0) is 20.4. The maximum Gasteiger partial charge on any atom is 0.260 e. The molecule has 0 radical (unpaired) electrons. The second-order valence-corrected chi connectivity index (χ2v) is 7.53. The summed E-state index contributed by atoms with van der Waals surface area (Å²) in [6, 6.07) is 13.6. The van der Waals surface area contributed by atoms with Gasteiger partial charge in [0.2, 0.25) is 0 Å². The van der Waals surface area contributed by atoms with Crippen molar-refractivity contribution in [1.82, 2.24) is 10.2 Å². The molecule has 148 valence electrons. The first-order chi connectivity index (χ1) is 14.0. The Morgan fingerprint density at radius 1 is 1.17 bits per heavy atom. The molecule has 4 rings (SSSR count). The highest BCUT2D eigenvalue weighted by molar-refractivity contribution is 6.35. The highest BCUT2D eigenvalue weighted by Crippen LogP contribution is 2.24. The maximum atomic E-state index is 12.3. The van der Waals surface area contributed by atoms with E-state index in [-0.39, 0.29) is 12.1 Å². The molecule has 6 nitrogen and oxygen atoms in total. The van der Waals surface area contributed by atoms with Crippen molar-refractivity contribution in [2.75, 3.05) is 19.0 Å². The van der Waals surface area contributed by atoms with E-state index in [0.29, 0.717) is 16.7 Å². The number of amides is 2. The zero-order valence-electron chi connectivity index (χ0n) is 16.7. The van der Waals surface area contributed by atoms with Gasteiger partial charge >= 0.3 is 0 Å². The molecule has 1 atom stereocenters. The van der Waals surface area contributed by atoms with Crippen molar-refractivity contribution in [2.45, 2.75) is 25.6 Å². The van der Waals surface area contributed by atoms with Gasteiger partial charge in [-0.25, -0.2) is 0 Å². The number of fused-ring (bicyclic) bond motifs is 1. The molecular weight excluding hydrogens is 365 g/mol. The Labute approximate surface area is 171 Å². The van der Waals surface area contributed by atoms with Crippen molar-refractivity contribution in [2.24, 2.45) is 0 Å².